The van der Waals surface area contributed by atoms with Crippen molar-refractivity contribution in [3.05, 3.63) is 29.8 Å². The van der Waals surface area contributed by atoms with Crippen molar-refractivity contribution in [3.63, 3.8) is 0 Å². The van der Waals surface area contributed by atoms with Gasteiger partial charge in [-0.05, 0) is 69.5 Å². The van der Waals surface area contributed by atoms with E-state index >= 15 is 0 Å². The minimum absolute atomic E-state index is 0.251. The third-order valence-corrected chi connectivity index (χ3v) is 3.73. The minimum atomic E-state index is 0.251. The fourth-order valence-electron chi connectivity index (χ4n) is 2.55. The second-order valence-corrected chi connectivity index (χ2v) is 5.11. The zero-order chi connectivity index (χ0) is 13.5. The molecule has 0 radical (unpaired) electrons. The Morgan fingerprint density at radius 1 is 1.26 bits per heavy atom. The Bertz CT molecular complexity index is 394. The summed E-state index contributed by atoms with van der Waals surface area (Å²) in [5.74, 6) is 1.80. The number of carbonyl (C=O) groups is 1. The molecule has 0 saturated carbocycles. The molecule has 1 fully saturated rings. The quantitative estimate of drug-likeness (QED) is 0.800. The van der Waals surface area contributed by atoms with Crippen LogP contribution in [0.15, 0.2) is 24.3 Å². The lowest BCUT2D eigenvalue weighted by Gasteiger charge is -2.22. The fourth-order valence-corrected chi connectivity index (χ4v) is 2.55. The number of Topliss-reactive ketones (excluding diaryl/α,β-unsaturated/α-hetero) is 1. The second-order valence-electron chi connectivity index (χ2n) is 5.11. The molecular formula is C16H23NO2. The third-order valence-electron chi connectivity index (χ3n) is 3.73. The molecule has 0 unspecified atom stereocenters. The van der Waals surface area contributed by atoms with E-state index in [-0.39, 0.29) is 5.78 Å². The summed E-state index contributed by atoms with van der Waals surface area (Å²) in [6.07, 6.45) is 4.10. The molecule has 3 heteroatoms. The van der Waals surface area contributed by atoms with Gasteiger partial charge in [-0.2, -0.15) is 0 Å². The van der Waals surface area contributed by atoms with Crippen LogP contribution in [0.4, 0.5) is 0 Å². The van der Waals surface area contributed by atoms with Crippen LogP contribution in [-0.2, 0) is 0 Å². The summed E-state index contributed by atoms with van der Waals surface area (Å²) in [6.45, 7) is 4.81. The van der Waals surface area contributed by atoms with E-state index in [2.05, 4.69) is 5.32 Å². The first kappa shape index (κ1) is 14.1. The van der Waals surface area contributed by atoms with Crippen LogP contribution < -0.4 is 10.1 Å². The SMILES string of the molecule is CCOc1ccc(C(=O)CCC2CCNCC2)cc1. The number of ketones is 1. The molecule has 0 spiro atoms. The van der Waals surface area contributed by atoms with Gasteiger partial charge < -0.3 is 10.1 Å². The van der Waals surface area contributed by atoms with Gasteiger partial charge in [0.1, 0.15) is 5.75 Å². The molecule has 19 heavy (non-hydrogen) atoms. The van der Waals surface area contributed by atoms with Gasteiger partial charge in [0, 0.05) is 12.0 Å². The topological polar surface area (TPSA) is 38.3 Å². The number of carbonyl (C=O) groups excluding carboxylic acids is 1. The highest BCUT2D eigenvalue weighted by molar-refractivity contribution is 5.96. The van der Waals surface area contributed by atoms with Crippen LogP contribution in [0.1, 0.15) is 43.0 Å². The van der Waals surface area contributed by atoms with Gasteiger partial charge in [-0.15, -0.1) is 0 Å². The predicted octanol–water partition coefficient (Wildman–Crippen LogP) is 3.05. The number of piperidine rings is 1. The second kappa shape index (κ2) is 7.29. The fraction of sp³-hybridized carbons (Fsp3) is 0.562. The van der Waals surface area contributed by atoms with E-state index in [0.717, 1.165) is 30.8 Å². The molecule has 104 valence electrons. The maximum Gasteiger partial charge on any atom is 0.162 e. The molecule has 0 atom stereocenters. The van der Waals surface area contributed by atoms with Gasteiger partial charge in [-0.3, -0.25) is 4.79 Å². The van der Waals surface area contributed by atoms with Crippen molar-refractivity contribution in [3.8, 4) is 5.75 Å². The van der Waals surface area contributed by atoms with E-state index in [4.69, 9.17) is 4.74 Å². The Kier molecular flexibility index (Phi) is 5.40. The van der Waals surface area contributed by atoms with E-state index in [9.17, 15) is 4.79 Å². The molecule has 0 aliphatic carbocycles. The molecule has 1 aliphatic rings. The molecular weight excluding hydrogens is 238 g/mol. The molecule has 1 aromatic rings. The maximum atomic E-state index is 12.1. The molecule has 2 rings (SSSR count). The first-order valence-electron chi connectivity index (χ1n) is 7.26. The molecule has 1 N–H and O–H groups in total. The molecule has 3 nitrogen and oxygen atoms in total. The molecule has 0 amide bonds. The Hall–Kier alpha value is -1.35. The third kappa shape index (κ3) is 4.35. The molecule has 1 heterocycles. The van der Waals surface area contributed by atoms with Crippen molar-refractivity contribution < 1.29 is 9.53 Å². The van der Waals surface area contributed by atoms with Crippen LogP contribution in [0.3, 0.4) is 0 Å². The van der Waals surface area contributed by atoms with E-state index in [1.165, 1.54) is 12.8 Å². The van der Waals surface area contributed by atoms with Gasteiger partial charge in [0.2, 0.25) is 0 Å². The van der Waals surface area contributed by atoms with Crippen LogP contribution in [0, 0.1) is 5.92 Å². The number of ether oxygens (including phenoxy) is 1. The van der Waals surface area contributed by atoms with Crippen molar-refractivity contribution in [2.24, 2.45) is 5.92 Å². The van der Waals surface area contributed by atoms with Crippen molar-refractivity contribution in [2.75, 3.05) is 19.7 Å². The van der Waals surface area contributed by atoms with Crippen LogP contribution >= 0.6 is 0 Å². The summed E-state index contributed by atoms with van der Waals surface area (Å²) in [4.78, 5) is 12.1. The highest BCUT2D eigenvalue weighted by atomic mass is 16.5. The van der Waals surface area contributed by atoms with Crippen LogP contribution in [0.2, 0.25) is 0 Å². The van der Waals surface area contributed by atoms with Crippen molar-refractivity contribution in [1.29, 1.82) is 0 Å². The molecule has 1 aliphatic heterocycles. The van der Waals surface area contributed by atoms with Gasteiger partial charge in [0.05, 0.1) is 6.61 Å². The summed E-state index contributed by atoms with van der Waals surface area (Å²) in [7, 11) is 0. The lowest BCUT2D eigenvalue weighted by atomic mass is 9.91. The van der Waals surface area contributed by atoms with Gasteiger partial charge in [0.15, 0.2) is 5.78 Å². The standard InChI is InChI=1S/C16H23NO2/c1-2-19-15-6-4-14(5-7-15)16(18)8-3-13-9-11-17-12-10-13/h4-7,13,17H,2-3,8-12H2,1H3. The summed E-state index contributed by atoms with van der Waals surface area (Å²) in [5, 5.41) is 3.35. The average Bonchev–Trinajstić information content (AvgIpc) is 2.47. The first-order valence-corrected chi connectivity index (χ1v) is 7.26. The summed E-state index contributed by atoms with van der Waals surface area (Å²) >= 11 is 0. The summed E-state index contributed by atoms with van der Waals surface area (Å²) in [5.41, 5.74) is 0.803. The molecule has 0 bridgehead atoms. The largest absolute Gasteiger partial charge is 0.494 e. The normalized spacial score (nSPS) is 16.3. The lowest BCUT2D eigenvalue weighted by Crippen LogP contribution is -2.27. The van der Waals surface area contributed by atoms with E-state index in [1.54, 1.807) is 0 Å². The Balaban J connectivity index is 1.81. The number of hydrogen-bond acceptors (Lipinski definition) is 3. The Labute approximate surface area is 115 Å². The number of hydrogen-bond donors (Lipinski definition) is 1. The predicted molar refractivity (Wildman–Crippen MR) is 76.8 cm³/mol. The van der Waals surface area contributed by atoms with Gasteiger partial charge in [-0.1, -0.05) is 0 Å². The highest BCUT2D eigenvalue weighted by Crippen LogP contribution is 2.20. The minimum Gasteiger partial charge on any atom is -0.494 e. The van der Waals surface area contributed by atoms with Crippen LogP contribution in [0.5, 0.6) is 5.75 Å². The monoisotopic (exact) mass is 261 g/mol. The molecule has 1 aromatic carbocycles. The number of rotatable bonds is 6. The lowest BCUT2D eigenvalue weighted by molar-refractivity contribution is 0.0971. The average molecular weight is 261 g/mol. The van der Waals surface area contributed by atoms with Crippen molar-refractivity contribution >= 4 is 5.78 Å². The number of nitrogens with one attached hydrogen (secondary N) is 1. The summed E-state index contributed by atoms with van der Waals surface area (Å²) < 4.78 is 5.38. The van der Waals surface area contributed by atoms with Crippen LogP contribution in [-0.4, -0.2) is 25.5 Å². The van der Waals surface area contributed by atoms with E-state index in [0.29, 0.717) is 18.9 Å². The van der Waals surface area contributed by atoms with Gasteiger partial charge in [-0.25, -0.2) is 0 Å². The highest BCUT2D eigenvalue weighted by Gasteiger charge is 2.15. The van der Waals surface area contributed by atoms with E-state index in [1.807, 2.05) is 31.2 Å². The maximum absolute atomic E-state index is 12.1. The van der Waals surface area contributed by atoms with Crippen molar-refractivity contribution in [2.45, 2.75) is 32.6 Å². The van der Waals surface area contributed by atoms with Crippen molar-refractivity contribution in [1.82, 2.24) is 5.32 Å². The van der Waals surface area contributed by atoms with Gasteiger partial charge >= 0.3 is 0 Å². The summed E-state index contributed by atoms with van der Waals surface area (Å²) in [6, 6.07) is 7.49. The Morgan fingerprint density at radius 3 is 2.58 bits per heavy atom. The first-order chi connectivity index (χ1) is 9.29. The van der Waals surface area contributed by atoms with E-state index < -0.39 is 0 Å². The Morgan fingerprint density at radius 2 is 1.95 bits per heavy atom. The zero-order valence-corrected chi connectivity index (χ0v) is 11.7. The van der Waals surface area contributed by atoms with Gasteiger partial charge in [0.25, 0.3) is 0 Å². The van der Waals surface area contributed by atoms with Crippen LogP contribution in [0.25, 0.3) is 0 Å². The smallest absolute Gasteiger partial charge is 0.162 e. The number of benzene rings is 1. The molecule has 1 saturated heterocycles. The molecule has 0 aromatic heterocycles. The zero-order valence-electron chi connectivity index (χ0n) is 11.7.